The van der Waals surface area contributed by atoms with Gasteiger partial charge in [-0.05, 0) is 38.5 Å². The first-order valence-electron chi connectivity index (χ1n) is 7.30. The molecule has 1 N–H and O–H groups in total. The van der Waals surface area contributed by atoms with Crippen LogP contribution in [0.3, 0.4) is 0 Å². The Bertz CT molecular complexity index is 638. The second kappa shape index (κ2) is 5.11. The number of aromatic nitrogens is 4. The van der Waals surface area contributed by atoms with Crippen LogP contribution in [0.25, 0.3) is 0 Å². The summed E-state index contributed by atoms with van der Waals surface area (Å²) in [5.41, 5.74) is 0.867. The van der Waals surface area contributed by atoms with E-state index in [2.05, 4.69) is 20.2 Å². The second-order valence-corrected chi connectivity index (χ2v) is 6.07. The van der Waals surface area contributed by atoms with Gasteiger partial charge in [0.15, 0.2) is 0 Å². The minimum Gasteiger partial charge on any atom is -0.381 e. The number of nitrogens with zero attached hydrogens (tertiary/aromatic N) is 5. The van der Waals surface area contributed by atoms with Crippen LogP contribution in [0.15, 0.2) is 24.5 Å². The van der Waals surface area contributed by atoms with Crippen LogP contribution in [0, 0.1) is 6.92 Å². The van der Waals surface area contributed by atoms with E-state index in [0.29, 0.717) is 18.7 Å². The molecule has 0 radical (unpaired) electrons. The van der Waals surface area contributed by atoms with Crippen molar-refractivity contribution in [2.45, 2.75) is 38.8 Å². The highest BCUT2D eigenvalue weighted by molar-refractivity contribution is 5.43. The van der Waals surface area contributed by atoms with Crippen LogP contribution in [-0.2, 0) is 5.60 Å². The molecule has 2 aromatic heterocycles. The summed E-state index contributed by atoms with van der Waals surface area (Å²) in [5.74, 6) is 0.905. The summed E-state index contributed by atoms with van der Waals surface area (Å²) in [5, 5.41) is 19.1. The van der Waals surface area contributed by atoms with Crippen LogP contribution >= 0.6 is 0 Å². The molecule has 1 aliphatic rings. The minimum absolute atomic E-state index is 0.241. The van der Waals surface area contributed by atoms with Crippen LogP contribution in [0.4, 0.5) is 5.82 Å². The molecule has 0 amide bonds. The maximum atomic E-state index is 10.9. The fourth-order valence-corrected chi connectivity index (χ4v) is 2.63. The van der Waals surface area contributed by atoms with E-state index in [4.69, 9.17) is 0 Å². The van der Waals surface area contributed by atoms with Crippen LogP contribution in [0.2, 0.25) is 0 Å². The Morgan fingerprint density at radius 2 is 2.19 bits per heavy atom. The van der Waals surface area contributed by atoms with E-state index in [1.165, 1.54) is 5.56 Å². The van der Waals surface area contributed by atoms with E-state index >= 15 is 0 Å². The first-order chi connectivity index (χ1) is 9.98. The lowest BCUT2D eigenvalue weighted by Gasteiger charge is -2.21. The molecule has 3 heterocycles. The Labute approximate surface area is 124 Å². The van der Waals surface area contributed by atoms with Crippen LogP contribution < -0.4 is 4.90 Å². The monoisotopic (exact) mass is 287 g/mol. The molecule has 1 atom stereocenters. The highest BCUT2D eigenvalue weighted by atomic mass is 16.3. The van der Waals surface area contributed by atoms with Gasteiger partial charge in [0.2, 0.25) is 0 Å². The molecule has 0 aliphatic carbocycles. The highest BCUT2D eigenvalue weighted by Gasteiger charge is 2.40. The van der Waals surface area contributed by atoms with E-state index in [0.717, 1.165) is 12.4 Å². The average Bonchev–Trinajstić information content (AvgIpc) is 3.06. The van der Waals surface area contributed by atoms with Gasteiger partial charge in [0.05, 0.1) is 12.7 Å². The molecule has 0 aromatic carbocycles. The zero-order valence-corrected chi connectivity index (χ0v) is 12.7. The second-order valence-electron chi connectivity index (χ2n) is 6.07. The lowest BCUT2D eigenvalue weighted by atomic mass is 10.00. The maximum Gasteiger partial charge on any atom is 0.129 e. The molecule has 0 bridgehead atoms. The molecule has 6 nitrogen and oxygen atoms in total. The third-order valence-electron chi connectivity index (χ3n) is 3.99. The molecule has 1 fully saturated rings. The smallest absolute Gasteiger partial charge is 0.129 e. The normalized spacial score (nSPS) is 22.2. The predicted molar refractivity (Wildman–Crippen MR) is 80.1 cm³/mol. The van der Waals surface area contributed by atoms with Crippen molar-refractivity contribution >= 4 is 5.82 Å². The SMILES string of the molecule is Cc1ccnc(N2CC[C@@](O)(c3cn(C(C)C)nn3)C2)c1. The quantitative estimate of drug-likeness (QED) is 0.930. The summed E-state index contributed by atoms with van der Waals surface area (Å²) >= 11 is 0. The summed E-state index contributed by atoms with van der Waals surface area (Å²) < 4.78 is 1.78. The average molecular weight is 287 g/mol. The van der Waals surface area contributed by atoms with E-state index in [1.54, 1.807) is 10.9 Å². The fraction of sp³-hybridized carbons (Fsp3) is 0.533. The molecule has 3 rings (SSSR count). The molecule has 1 aliphatic heterocycles. The molecule has 1 saturated heterocycles. The molecule has 6 heteroatoms. The third kappa shape index (κ3) is 2.63. The van der Waals surface area contributed by atoms with Gasteiger partial charge in [0, 0.05) is 25.2 Å². The van der Waals surface area contributed by atoms with Gasteiger partial charge in [-0.3, -0.25) is 0 Å². The summed E-state index contributed by atoms with van der Waals surface area (Å²) in [7, 11) is 0. The maximum absolute atomic E-state index is 10.9. The van der Waals surface area contributed by atoms with Crippen molar-refractivity contribution in [3.8, 4) is 0 Å². The van der Waals surface area contributed by atoms with Crippen molar-refractivity contribution in [1.82, 2.24) is 20.0 Å². The van der Waals surface area contributed by atoms with Crippen molar-refractivity contribution in [1.29, 1.82) is 0 Å². The molecule has 0 unspecified atom stereocenters. The first kappa shape index (κ1) is 14.0. The summed E-state index contributed by atoms with van der Waals surface area (Å²) in [6.45, 7) is 7.39. The van der Waals surface area contributed by atoms with E-state index < -0.39 is 5.60 Å². The third-order valence-corrected chi connectivity index (χ3v) is 3.99. The zero-order chi connectivity index (χ0) is 15.0. The van der Waals surface area contributed by atoms with Gasteiger partial charge >= 0.3 is 0 Å². The topological polar surface area (TPSA) is 67.1 Å². The van der Waals surface area contributed by atoms with Crippen molar-refractivity contribution in [3.63, 3.8) is 0 Å². The van der Waals surface area contributed by atoms with Crippen LogP contribution in [-0.4, -0.2) is 38.2 Å². The van der Waals surface area contributed by atoms with Gasteiger partial charge in [0.25, 0.3) is 0 Å². The molecule has 2 aromatic rings. The lowest BCUT2D eigenvalue weighted by molar-refractivity contribution is 0.0559. The summed E-state index contributed by atoms with van der Waals surface area (Å²) in [6.07, 6.45) is 4.29. The molecule has 0 saturated carbocycles. The van der Waals surface area contributed by atoms with Gasteiger partial charge in [-0.25, -0.2) is 9.67 Å². The first-order valence-corrected chi connectivity index (χ1v) is 7.30. The molecule has 21 heavy (non-hydrogen) atoms. The van der Waals surface area contributed by atoms with Crippen molar-refractivity contribution < 1.29 is 5.11 Å². The molecular formula is C15H21N5O. The van der Waals surface area contributed by atoms with Crippen molar-refractivity contribution in [2.24, 2.45) is 0 Å². The van der Waals surface area contributed by atoms with Crippen molar-refractivity contribution in [3.05, 3.63) is 35.8 Å². The van der Waals surface area contributed by atoms with Crippen LogP contribution in [0.5, 0.6) is 0 Å². The van der Waals surface area contributed by atoms with Gasteiger partial charge in [-0.1, -0.05) is 5.21 Å². The van der Waals surface area contributed by atoms with E-state index in [1.807, 2.05) is 39.1 Å². The fourth-order valence-electron chi connectivity index (χ4n) is 2.63. The number of hydrogen-bond donors (Lipinski definition) is 1. The minimum atomic E-state index is -0.946. The number of anilines is 1. The van der Waals surface area contributed by atoms with Gasteiger partial charge in [0.1, 0.15) is 17.1 Å². The van der Waals surface area contributed by atoms with Gasteiger partial charge < -0.3 is 10.0 Å². The number of β-amino-alcohol motifs (C(OH)–C–C–N with tert-alkyl or cyclic N) is 1. The predicted octanol–water partition coefficient (Wildman–Crippen LogP) is 1.66. The number of rotatable bonds is 3. The molecule has 0 spiro atoms. The molecule has 112 valence electrons. The van der Waals surface area contributed by atoms with Gasteiger partial charge in [-0.2, -0.15) is 0 Å². The Hall–Kier alpha value is -1.95. The Balaban J connectivity index is 1.81. The Kier molecular flexibility index (Phi) is 3.41. The van der Waals surface area contributed by atoms with Crippen LogP contribution in [0.1, 0.15) is 37.6 Å². The Morgan fingerprint density at radius 1 is 1.38 bits per heavy atom. The van der Waals surface area contributed by atoms with E-state index in [-0.39, 0.29) is 6.04 Å². The van der Waals surface area contributed by atoms with Crippen molar-refractivity contribution in [2.75, 3.05) is 18.0 Å². The largest absolute Gasteiger partial charge is 0.381 e. The highest BCUT2D eigenvalue weighted by Crippen LogP contribution is 2.33. The standard InChI is InChI=1S/C15H21N5O/c1-11(2)20-9-13(17-18-20)15(21)5-7-19(10-15)14-8-12(3)4-6-16-14/h4,6,8-9,11,21H,5,7,10H2,1-3H3/t15-/m0/s1. The number of aryl methyl sites for hydroxylation is 1. The number of aliphatic hydroxyl groups is 1. The molecular weight excluding hydrogens is 266 g/mol. The number of hydrogen-bond acceptors (Lipinski definition) is 5. The summed E-state index contributed by atoms with van der Waals surface area (Å²) in [4.78, 5) is 6.49. The number of pyridine rings is 1. The zero-order valence-electron chi connectivity index (χ0n) is 12.7. The van der Waals surface area contributed by atoms with E-state index in [9.17, 15) is 5.11 Å². The Morgan fingerprint density at radius 3 is 2.86 bits per heavy atom. The summed E-state index contributed by atoms with van der Waals surface area (Å²) in [6, 6.07) is 4.25. The lowest BCUT2D eigenvalue weighted by Crippen LogP contribution is -2.31. The van der Waals surface area contributed by atoms with Gasteiger partial charge in [-0.15, -0.1) is 5.10 Å².